The lowest BCUT2D eigenvalue weighted by atomic mass is 10.1. The van der Waals surface area contributed by atoms with Gasteiger partial charge in [0.25, 0.3) is 5.56 Å². The van der Waals surface area contributed by atoms with Gasteiger partial charge in [-0.3, -0.25) is 14.0 Å². The highest BCUT2D eigenvalue weighted by Gasteiger charge is 2.31. The topological polar surface area (TPSA) is 86.0 Å². The maximum Gasteiger partial charge on any atom is 0.416 e. The van der Waals surface area contributed by atoms with E-state index >= 15 is 0 Å². The number of pyridine rings is 1. The highest BCUT2D eigenvalue weighted by atomic mass is 32.2. The van der Waals surface area contributed by atoms with E-state index in [4.69, 9.17) is 0 Å². The summed E-state index contributed by atoms with van der Waals surface area (Å²) in [5.74, 6) is 0. The molecule has 0 aliphatic carbocycles. The maximum atomic E-state index is 13.2. The van der Waals surface area contributed by atoms with E-state index in [1.165, 1.54) is 48.3 Å². The van der Waals surface area contributed by atoms with Gasteiger partial charge >= 0.3 is 6.18 Å². The summed E-state index contributed by atoms with van der Waals surface area (Å²) < 4.78 is 68.8. The van der Waals surface area contributed by atoms with Crippen LogP contribution in [-0.2, 0) is 23.2 Å². The normalized spacial score (nSPS) is 12.7. The van der Waals surface area contributed by atoms with Crippen molar-refractivity contribution in [2.45, 2.75) is 11.1 Å². The highest BCUT2D eigenvalue weighted by Crippen LogP contribution is 2.32. The third kappa shape index (κ3) is 3.15. The van der Waals surface area contributed by atoms with Crippen LogP contribution in [0, 0.1) is 0 Å². The van der Waals surface area contributed by atoms with Crippen LogP contribution in [0.5, 0.6) is 0 Å². The molecule has 2 aromatic heterocycles. The number of aromatic nitrogens is 3. The van der Waals surface area contributed by atoms with Gasteiger partial charge in [0.05, 0.1) is 21.4 Å². The molecule has 0 unspecified atom stereocenters. The Balaban J connectivity index is 2.15. The molecule has 7 nitrogen and oxygen atoms in total. The van der Waals surface area contributed by atoms with Crippen LogP contribution in [0.25, 0.3) is 27.5 Å². The Labute approximate surface area is 168 Å². The number of benzene rings is 2. The smallest absolute Gasteiger partial charge is 0.276 e. The number of sulfonamides is 1. The van der Waals surface area contributed by atoms with Crippen molar-refractivity contribution in [3.8, 4) is 5.69 Å². The third-order valence-electron chi connectivity index (χ3n) is 4.74. The van der Waals surface area contributed by atoms with E-state index in [0.29, 0.717) is 5.39 Å². The first-order valence-electron chi connectivity index (χ1n) is 8.66. The molecule has 156 valence electrons. The average Bonchev–Trinajstić information content (AvgIpc) is 3.10. The fraction of sp³-hybridized carbons (Fsp3) is 0.158. The largest absolute Gasteiger partial charge is 0.416 e. The molecule has 0 amide bonds. The third-order valence-corrected chi connectivity index (χ3v) is 6.15. The molecule has 0 saturated carbocycles. The average molecular weight is 436 g/mol. The molecule has 0 atom stereocenters. The Morgan fingerprint density at radius 2 is 1.80 bits per heavy atom. The minimum atomic E-state index is -4.58. The van der Waals surface area contributed by atoms with Crippen molar-refractivity contribution in [3.05, 3.63) is 64.6 Å². The molecule has 11 heteroatoms. The molecule has 2 aromatic carbocycles. The summed E-state index contributed by atoms with van der Waals surface area (Å²) in [6, 6.07) is 8.40. The molecule has 0 saturated heterocycles. The molecule has 0 spiro atoms. The van der Waals surface area contributed by atoms with E-state index in [1.54, 1.807) is 7.05 Å². The van der Waals surface area contributed by atoms with Crippen molar-refractivity contribution in [1.82, 2.24) is 19.1 Å². The number of halogens is 3. The lowest BCUT2D eigenvalue weighted by Gasteiger charge is -2.14. The van der Waals surface area contributed by atoms with E-state index in [-0.39, 0.29) is 27.0 Å². The van der Waals surface area contributed by atoms with Gasteiger partial charge in [-0.25, -0.2) is 13.1 Å². The fourth-order valence-corrected chi connectivity index (χ4v) is 4.09. The van der Waals surface area contributed by atoms with Crippen LogP contribution >= 0.6 is 0 Å². The fourth-order valence-electron chi connectivity index (χ4n) is 3.34. The standard InChI is InChI=1S/C19H15F3N4O3S/c1-23-30(28,29)13-6-7-16-14(9-13)17-15(10-25(2)24-17)18(27)26(16)12-5-3-4-11(8-12)19(20,21)22/h3-10,23H,1-2H3. The first kappa shape index (κ1) is 20.1. The molecule has 0 radical (unpaired) electrons. The Hall–Kier alpha value is -3.18. The van der Waals surface area contributed by atoms with Crippen molar-refractivity contribution in [2.75, 3.05) is 7.05 Å². The molecule has 30 heavy (non-hydrogen) atoms. The van der Waals surface area contributed by atoms with Crippen LogP contribution in [0.4, 0.5) is 13.2 Å². The summed E-state index contributed by atoms with van der Waals surface area (Å²) in [7, 11) is -0.931. The number of aryl methyl sites for hydroxylation is 1. The van der Waals surface area contributed by atoms with Gasteiger partial charge in [-0.1, -0.05) is 6.07 Å². The van der Waals surface area contributed by atoms with Gasteiger partial charge in [-0.2, -0.15) is 18.3 Å². The van der Waals surface area contributed by atoms with Gasteiger partial charge in [-0.15, -0.1) is 0 Å². The van der Waals surface area contributed by atoms with E-state index in [0.717, 1.165) is 16.7 Å². The SMILES string of the molecule is CNS(=O)(=O)c1ccc2c(c1)c1nn(C)cc1c(=O)n2-c1cccc(C(F)(F)F)c1. The quantitative estimate of drug-likeness (QED) is 0.535. The lowest BCUT2D eigenvalue weighted by molar-refractivity contribution is -0.137. The molecule has 0 aliphatic rings. The predicted octanol–water partition coefficient (Wildman–Crippen LogP) is 2.80. The van der Waals surface area contributed by atoms with Crippen molar-refractivity contribution >= 4 is 31.8 Å². The van der Waals surface area contributed by atoms with Gasteiger partial charge < -0.3 is 0 Å². The second-order valence-electron chi connectivity index (χ2n) is 6.64. The molecule has 4 aromatic rings. The Morgan fingerprint density at radius 3 is 2.47 bits per heavy atom. The van der Waals surface area contributed by atoms with Crippen molar-refractivity contribution in [2.24, 2.45) is 7.05 Å². The number of nitrogens with zero attached hydrogens (tertiary/aromatic N) is 3. The molecule has 2 heterocycles. The highest BCUT2D eigenvalue weighted by molar-refractivity contribution is 7.89. The molecular weight excluding hydrogens is 421 g/mol. The molecule has 1 N–H and O–H groups in total. The molecule has 0 aliphatic heterocycles. The summed E-state index contributed by atoms with van der Waals surface area (Å²) in [6.07, 6.45) is -3.14. The second kappa shape index (κ2) is 6.67. The number of fused-ring (bicyclic) bond motifs is 3. The van der Waals surface area contributed by atoms with Gasteiger partial charge in [0.1, 0.15) is 5.52 Å². The first-order chi connectivity index (χ1) is 14.0. The van der Waals surface area contributed by atoms with E-state index in [2.05, 4.69) is 9.82 Å². The summed E-state index contributed by atoms with van der Waals surface area (Å²) >= 11 is 0. The number of alkyl halides is 3. The maximum absolute atomic E-state index is 13.2. The van der Waals surface area contributed by atoms with Crippen LogP contribution in [0.15, 0.2) is 58.4 Å². The first-order valence-corrected chi connectivity index (χ1v) is 10.1. The zero-order valence-corrected chi connectivity index (χ0v) is 16.5. The van der Waals surface area contributed by atoms with Crippen molar-refractivity contribution < 1.29 is 21.6 Å². The Bertz CT molecular complexity index is 1470. The number of hydrogen-bond donors (Lipinski definition) is 1. The molecular formula is C19H15F3N4O3S. The zero-order valence-electron chi connectivity index (χ0n) is 15.7. The van der Waals surface area contributed by atoms with Gasteiger partial charge in [0.15, 0.2) is 0 Å². The zero-order chi connectivity index (χ0) is 21.8. The van der Waals surface area contributed by atoms with E-state index in [9.17, 15) is 26.4 Å². The number of nitrogens with one attached hydrogen (secondary N) is 1. The summed E-state index contributed by atoms with van der Waals surface area (Å²) in [5, 5.41) is 4.72. The molecule has 0 bridgehead atoms. The van der Waals surface area contributed by atoms with E-state index < -0.39 is 27.3 Å². The summed E-state index contributed by atoms with van der Waals surface area (Å²) in [4.78, 5) is 13.1. The van der Waals surface area contributed by atoms with Gasteiger partial charge in [0.2, 0.25) is 10.0 Å². The van der Waals surface area contributed by atoms with Crippen LogP contribution in [-0.4, -0.2) is 29.8 Å². The van der Waals surface area contributed by atoms with Crippen LogP contribution < -0.4 is 10.3 Å². The van der Waals surface area contributed by atoms with Crippen molar-refractivity contribution in [3.63, 3.8) is 0 Å². The summed E-state index contributed by atoms with van der Waals surface area (Å²) in [6.45, 7) is 0. The van der Waals surface area contributed by atoms with Gasteiger partial charge in [0, 0.05) is 24.3 Å². The lowest BCUT2D eigenvalue weighted by Crippen LogP contribution is -2.21. The van der Waals surface area contributed by atoms with Gasteiger partial charge in [-0.05, 0) is 43.4 Å². The minimum absolute atomic E-state index is 0.00908. The van der Waals surface area contributed by atoms with Crippen molar-refractivity contribution in [1.29, 1.82) is 0 Å². The number of hydrogen-bond acceptors (Lipinski definition) is 4. The monoisotopic (exact) mass is 436 g/mol. The minimum Gasteiger partial charge on any atom is -0.276 e. The second-order valence-corrected chi connectivity index (χ2v) is 8.53. The van der Waals surface area contributed by atoms with Crippen LogP contribution in [0.3, 0.4) is 0 Å². The van der Waals surface area contributed by atoms with Crippen LogP contribution in [0.2, 0.25) is 0 Å². The number of rotatable bonds is 3. The Morgan fingerprint density at radius 1 is 1.07 bits per heavy atom. The van der Waals surface area contributed by atoms with E-state index in [1.807, 2.05) is 0 Å². The predicted molar refractivity (Wildman–Crippen MR) is 105 cm³/mol. The molecule has 4 rings (SSSR count). The molecule has 0 fully saturated rings. The van der Waals surface area contributed by atoms with Crippen LogP contribution in [0.1, 0.15) is 5.56 Å². The summed E-state index contributed by atoms with van der Waals surface area (Å²) in [5.41, 5.74) is -0.959. The Kier molecular flexibility index (Phi) is 4.47.